The van der Waals surface area contributed by atoms with E-state index < -0.39 is 0 Å². The lowest BCUT2D eigenvalue weighted by molar-refractivity contribution is 0.394. The van der Waals surface area contributed by atoms with Gasteiger partial charge in [-0.15, -0.1) is 0 Å². The van der Waals surface area contributed by atoms with Crippen LogP contribution in [0.25, 0.3) is 22.3 Å². The van der Waals surface area contributed by atoms with Crippen LogP contribution in [0.5, 0.6) is 34.5 Å². The third kappa shape index (κ3) is 3.87. The molecule has 0 aliphatic heterocycles. The predicted molar refractivity (Wildman–Crippen MR) is 112 cm³/mol. The van der Waals surface area contributed by atoms with Gasteiger partial charge in [0, 0.05) is 34.4 Å². The van der Waals surface area contributed by atoms with Crippen LogP contribution in [-0.4, -0.2) is 40.7 Å². The molecule has 3 aromatic carbocycles. The van der Waals surface area contributed by atoms with E-state index in [-0.39, 0.29) is 5.75 Å². The van der Waals surface area contributed by atoms with Crippen LogP contribution < -0.4 is 23.7 Å². The van der Waals surface area contributed by atoms with Gasteiger partial charge in [-0.1, -0.05) is 0 Å². The Morgan fingerprint density at radius 3 is 1.24 bits per heavy atom. The molecule has 0 spiro atoms. The first-order valence-corrected chi connectivity index (χ1v) is 8.92. The molecule has 0 unspecified atom stereocenters. The zero-order valence-electron chi connectivity index (χ0n) is 17.1. The summed E-state index contributed by atoms with van der Waals surface area (Å²) in [5, 5.41) is 11.2. The van der Waals surface area contributed by atoms with E-state index in [2.05, 4.69) is 0 Å². The van der Waals surface area contributed by atoms with Gasteiger partial charge in [-0.25, -0.2) is 0 Å². The molecule has 29 heavy (non-hydrogen) atoms. The Balaban J connectivity index is 2.26. The minimum absolute atomic E-state index is 0.0812. The maximum atomic E-state index is 11.2. The molecule has 6 heteroatoms. The lowest BCUT2D eigenvalue weighted by Crippen LogP contribution is -1.95. The number of aromatic hydroxyl groups is 1. The van der Waals surface area contributed by atoms with Gasteiger partial charge < -0.3 is 28.8 Å². The summed E-state index contributed by atoms with van der Waals surface area (Å²) in [4.78, 5) is 0. The SMILES string of the molecule is COc1ccc(-c2cc(OC)cc(-c3ccc(OC)cc3OC)c2O)c(OC)c1. The van der Waals surface area contributed by atoms with E-state index in [1.807, 2.05) is 24.3 Å². The fraction of sp³-hybridized carbons (Fsp3) is 0.217. The summed E-state index contributed by atoms with van der Waals surface area (Å²) in [6.07, 6.45) is 0. The Morgan fingerprint density at radius 1 is 0.483 bits per heavy atom. The van der Waals surface area contributed by atoms with Crippen LogP contribution in [0.3, 0.4) is 0 Å². The van der Waals surface area contributed by atoms with Crippen molar-refractivity contribution in [3.63, 3.8) is 0 Å². The van der Waals surface area contributed by atoms with Gasteiger partial charge in [0.15, 0.2) is 0 Å². The second-order valence-corrected chi connectivity index (χ2v) is 6.20. The number of hydrogen-bond donors (Lipinski definition) is 1. The molecular weight excluding hydrogens is 372 g/mol. The van der Waals surface area contributed by atoms with E-state index in [4.69, 9.17) is 23.7 Å². The fourth-order valence-corrected chi connectivity index (χ4v) is 3.18. The van der Waals surface area contributed by atoms with E-state index in [1.54, 1.807) is 59.8 Å². The van der Waals surface area contributed by atoms with Crippen molar-refractivity contribution < 1.29 is 28.8 Å². The predicted octanol–water partition coefficient (Wildman–Crippen LogP) is 4.77. The lowest BCUT2D eigenvalue weighted by Gasteiger charge is -2.17. The highest BCUT2D eigenvalue weighted by Gasteiger charge is 2.20. The van der Waals surface area contributed by atoms with Gasteiger partial charge in [-0.3, -0.25) is 0 Å². The first kappa shape index (κ1) is 20.2. The van der Waals surface area contributed by atoms with E-state index in [1.165, 1.54) is 0 Å². The molecular formula is C23H24O6. The third-order valence-corrected chi connectivity index (χ3v) is 4.72. The number of phenolic OH excluding ortho intramolecular Hbond substituents is 1. The minimum Gasteiger partial charge on any atom is -0.507 e. The molecule has 6 nitrogen and oxygen atoms in total. The normalized spacial score (nSPS) is 10.4. The topological polar surface area (TPSA) is 66.4 Å². The molecule has 3 rings (SSSR count). The second-order valence-electron chi connectivity index (χ2n) is 6.20. The van der Waals surface area contributed by atoms with Crippen molar-refractivity contribution in [1.29, 1.82) is 0 Å². The molecule has 0 amide bonds. The first-order valence-electron chi connectivity index (χ1n) is 8.92. The summed E-state index contributed by atoms with van der Waals surface area (Å²) in [6.45, 7) is 0. The maximum Gasteiger partial charge on any atom is 0.131 e. The highest BCUT2D eigenvalue weighted by Crippen LogP contribution is 2.47. The summed E-state index contributed by atoms with van der Waals surface area (Å²) in [7, 11) is 7.90. The molecule has 0 aromatic heterocycles. The monoisotopic (exact) mass is 396 g/mol. The molecule has 0 bridgehead atoms. The highest BCUT2D eigenvalue weighted by atomic mass is 16.5. The van der Waals surface area contributed by atoms with Gasteiger partial charge in [0.25, 0.3) is 0 Å². The van der Waals surface area contributed by atoms with Crippen molar-refractivity contribution in [2.45, 2.75) is 0 Å². The Bertz CT molecular complexity index is 936. The van der Waals surface area contributed by atoms with Crippen LogP contribution in [-0.2, 0) is 0 Å². The van der Waals surface area contributed by atoms with Crippen molar-refractivity contribution >= 4 is 0 Å². The molecule has 0 fully saturated rings. The summed E-state index contributed by atoms with van der Waals surface area (Å²) >= 11 is 0. The maximum absolute atomic E-state index is 11.2. The molecule has 0 heterocycles. The standard InChI is InChI=1S/C23H24O6/c1-25-14-6-8-17(21(12-14)28-4)19-10-16(27-3)11-20(23(19)24)18-9-7-15(26-2)13-22(18)29-5/h6-13,24H,1-5H3. The second kappa shape index (κ2) is 8.65. The van der Waals surface area contributed by atoms with Gasteiger partial charge in [0.2, 0.25) is 0 Å². The molecule has 0 radical (unpaired) electrons. The summed E-state index contributed by atoms with van der Waals surface area (Å²) < 4.78 is 27.1. The molecule has 0 atom stereocenters. The zero-order chi connectivity index (χ0) is 21.0. The number of hydrogen-bond acceptors (Lipinski definition) is 6. The average Bonchev–Trinajstić information content (AvgIpc) is 2.78. The Hall–Kier alpha value is -3.54. The summed E-state index contributed by atoms with van der Waals surface area (Å²) in [6, 6.07) is 14.3. The largest absolute Gasteiger partial charge is 0.507 e. The first-order chi connectivity index (χ1) is 14.1. The van der Waals surface area contributed by atoms with Crippen LogP contribution >= 0.6 is 0 Å². The molecule has 0 aliphatic rings. The van der Waals surface area contributed by atoms with E-state index in [0.717, 1.165) is 0 Å². The van der Waals surface area contributed by atoms with Gasteiger partial charge >= 0.3 is 0 Å². The van der Waals surface area contributed by atoms with Gasteiger partial charge in [-0.2, -0.15) is 0 Å². The molecule has 152 valence electrons. The van der Waals surface area contributed by atoms with Crippen LogP contribution in [0, 0.1) is 0 Å². The van der Waals surface area contributed by atoms with Crippen LogP contribution in [0.1, 0.15) is 0 Å². The molecule has 3 aromatic rings. The van der Waals surface area contributed by atoms with Crippen molar-refractivity contribution in [3.8, 4) is 56.8 Å². The average molecular weight is 396 g/mol. The van der Waals surface area contributed by atoms with Crippen molar-refractivity contribution in [1.82, 2.24) is 0 Å². The Kier molecular flexibility index (Phi) is 6.02. The summed E-state index contributed by atoms with van der Waals surface area (Å²) in [5.74, 6) is 3.12. The number of methoxy groups -OCH3 is 5. The Morgan fingerprint density at radius 2 is 0.897 bits per heavy atom. The van der Waals surface area contributed by atoms with Crippen molar-refractivity contribution in [3.05, 3.63) is 48.5 Å². The van der Waals surface area contributed by atoms with E-state index >= 15 is 0 Å². The van der Waals surface area contributed by atoms with Crippen molar-refractivity contribution in [2.24, 2.45) is 0 Å². The number of benzene rings is 3. The molecule has 1 N–H and O–H groups in total. The highest BCUT2D eigenvalue weighted by molar-refractivity contribution is 5.88. The van der Waals surface area contributed by atoms with E-state index in [9.17, 15) is 5.11 Å². The smallest absolute Gasteiger partial charge is 0.131 e. The van der Waals surface area contributed by atoms with Crippen molar-refractivity contribution in [2.75, 3.05) is 35.5 Å². The van der Waals surface area contributed by atoms with E-state index in [0.29, 0.717) is 51.0 Å². The summed E-state index contributed by atoms with van der Waals surface area (Å²) in [5.41, 5.74) is 2.55. The lowest BCUT2D eigenvalue weighted by atomic mass is 9.95. The molecule has 0 aliphatic carbocycles. The van der Waals surface area contributed by atoms with Gasteiger partial charge in [0.05, 0.1) is 35.5 Å². The fourth-order valence-electron chi connectivity index (χ4n) is 3.18. The van der Waals surface area contributed by atoms with Crippen LogP contribution in [0.2, 0.25) is 0 Å². The zero-order valence-corrected chi connectivity index (χ0v) is 17.1. The number of rotatable bonds is 7. The number of ether oxygens (including phenoxy) is 5. The van der Waals surface area contributed by atoms with Gasteiger partial charge in [0.1, 0.15) is 34.5 Å². The third-order valence-electron chi connectivity index (χ3n) is 4.72. The van der Waals surface area contributed by atoms with Crippen LogP contribution in [0.4, 0.5) is 0 Å². The molecule has 0 saturated heterocycles. The van der Waals surface area contributed by atoms with Crippen LogP contribution in [0.15, 0.2) is 48.5 Å². The van der Waals surface area contributed by atoms with Gasteiger partial charge in [-0.05, 0) is 36.4 Å². The molecule has 0 saturated carbocycles. The Labute approximate surface area is 170 Å². The number of phenols is 1. The minimum atomic E-state index is 0.0812. The quantitative estimate of drug-likeness (QED) is 0.621.